The molecule has 3 rings (SSSR count). The van der Waals surface area contributed by atoms with E-state index in [1.807, 2.05) is 6.07 Å². The fraction of sp³-hybridized carbons (Fsp3) is 0. The predicted molar refractivity (Wildman–Crippen MR) is 53.5 cm³/mol. The largest absolute Gasteiger partial charge is 0.461 e. The van der Waals surface area contributed by atoms with Crippen LogP contribution in [-0.2, 0) is 0 Å². The van der Waals surface area contributed by atoms with Crippen molar-refractivity contribution in [3.8, 4) is 11.6 Å². The lowest BCUT2D eigenvalue weighted by atomic mass is 10.4. The number of hydrogen-bond donors (Lipinski definition) is 0. The first-order valence-corrected chi connectivity index (χ1v) is 4.63. The summed E-state index contributed by atoms with van der Waals surface area (Å²) >= 11 is 5.87. The molecule has 0 radical (unpaired) electrons. The van der Waals surface area contributed by atoms with E-state index in [2.05, 4.69) is 15.2 Å². The minimum atomic E-state index is 0.322. The van der Waals surface area contributed by atoms with Crippen LogP contribution in [0.3, 0.4) is 0 Å². The molecule has 0 aromatic carbocycles. The monoisotopic (exact) mass is 220 g/mol. The first-order chi connectivity index (χ1) is 7.36. The lowest BCUT2D eigenvalue weighted by Gasteiger charge is -1.95. The molecule has 0 aliphatic rings. The molecule has 0 saturated carbocycles. The molecule has 3 aromatic heterocycles. The molecule has 3 heterocycles. The average Bonchev–Trinajstić information content (AvgIpc) is 2.85. The van der Waals surface area contributed by atoms with Crippen molar-refractivity contribution in [2.24, 2.45) is 0 Å². The topological polar surface area (TPSA) is 56.2 Å². The number of nitrogens with zero attached hydrogens (tertiary/aromatic N) is 4. The quantitative estimate of drug-likeness (QED) is 0.630. The molecular weight excluding hydrogens is 216 g/mol. The van der Waals surface area contributed by atoms with Crippen LogP contribution in [0.1, 0.15) is 0 Å². The number of furan rings is 1. The van der Waals surface area contributed by atoms with Crippen LogP contribution < -0.4 is 0 Å². The highest BCUT2D eigenvalue weighted by atomic mass is 35.5. The Hall–Kier alpha value is -1.88. The Morgan fingerprint density at radius 2 is 2.27 bits per heavy atom. The second-order valence-electron chi connectivity index (χ2n) is 2.91. The van der Waals surface area contributed by atoms with Gasteiger partial charge in [-0.25, -0.2) is 4.98 Å². The molecule has 74 valence electrons. The lowest BCUT2D eigenvalue weighted by Crippen LogP contribution is -1.89. The normalized spacial score (nSPS) is 11.0. The van der Waals surface area contributed by atoms with E-state index in [1.54, 1.807) is 29.1 Å². The van der Waals surface area contributed by atoms with Gasteiger partial charge in [-0.2, -0.15) is 0 Å². The molecule has 15 heavy (non-hydrogen) atoms. The second-order valence-corrected chi connectivity index (χ2v) is 3.27. The number of aromatic nitrogens is 4. The highest BCUT2D eigenvalue weighted by molar-refractivity contribution is 6.32. The predicted octanol–water partition coefficient (Wildman–Crippen LogP) is 2.04. The summed E-state index contributed by atoms with van der Waals surface area (Å²) in [6.07, 6.45) is 4.91. The van der Waals surface area contributed by atoms with Gasteiger partial charge in [-0.05, 0) is 12.1 Å². The van der Waals surface area contributed by atoms with Gasteiger partial charge in [0, 0.05) is 12.4 Å². The summed E-state index contributed by atoms with van der Waals surface area (Å²) in [5.41, 5.74) is 0.519. The van der Waals surface area contributed by atoms with Gasteiger partial charge in [0.2, 0.25) is 5.82 Å². The Balaban J connectivity index is 2.34. The molecule has 0 saturated heterocycles. The fourth-order valence-corrected chi connectivity index (χ4v) is 1.56. The zero-order chi connectivity index (χ0) is 10.3. The van der Waals surface area contributed by atoms with Gasteiger partial charge in [-0.3, -0.25) is 4.40 Å². The highest BCUT2D eigenvalue weighted by Crippen LogP contribution is 2.20. The molecule has 0 unspecified atom stereocenters. The summed E-state index contributed by atoms with van der Waals surface area (Å²) in [5, 5.41) is 8.25. The zero-order valence-electron chi connectivity index (χ0n) is 7.46. The zero-order valence-corrected chi connectivity index (χ0v) is 8.22. The first-order valence-electron chi connectivity index (χ1n) is 4.25. The number of halogens is 1. The van der Waals surface area contributed by atoms with Crippen molar-refractivity contribution in [3.63, 3.8) is 0 Å². The van der Waals surface area contributed by atoms with E-state index in [0.29, 0.717) is 22.4 Å². The maximum atomic E-state index is 5.87. The molecule has 0 spiro atoms. The third-order valence-corrected chi connectivity index (χ3v) is 2.29. The van der Waals surface area contributed by atoms with Gasteiger partial charge in [0.05, 0.1) is 6.26 Å². The molecule has 0 amide bonds. The van der Waals surface area contributed by atoms with Crippen LogP contribution in [-0.4, -0.2) is 19.6 Å². The van der Waals surface area contributed by atoms with E-state index >= 15 is 0 Å². The Labute approximate surface area is 89.3 Å². The van der Waals surface area contributed by atoms with E-state index in [4.69, 9.17) is 16.0 Å². The van der Waals surface area contributed by atoms with E-state index in [-0.39, 0.29) is 0 Å². The Morgan fingerprint density at radius 3 is 3.07 bits per heavy atom. The van der Waals surface area contributed by atoms with E-state index in [0.717, 1.165) is 0 Å². The summed E-state index contributed by atoms with van der Waals surface area (Å²) < 4.78 is 6.97. The van der Waals surface area contributed by atoms with Gasteiger partial charge in [0.1, 0.15) is 0 Å². The standard InChI is InChI=1S/C9H5ClN4O/c10-7-9-13-12-8(6-2-1-5-15-6)14(9)4-3-11-7/h1-5H. The molecular formula is C9H5ClN4O. The molecule has 6 heteroatoms. The molecule has 0 bridgehead atoms. The summed E-state index contributed by atoms with van der Waals surface area (Å²) in [6, 6.07) is 3.60. The number of fused-ring (bicyclic) bond motifs is 1. The van der Waals surface area contributed by atoms with Gasteiger partial charge in [0.15, 0.2) is 16.6 Å². The number of hydrogen-bond acceptors (Lipinski definition) is 4. The molecule has 5 nitrogen and oxygen atoms in total. The van der Waals surface area contributed by atoms with E-state index < -0.39 is 0 Å². The van der Waals surface area contributed by atoms with Crippen LogP contribution in [0, 0.1) is 0 Å². The molecule has 0 atom stereocenters. The summed E-state index contributed by atoms with van der Waals surface area (Å²) in [7, 11) is 0. The van der Waals surface area contributed by atoms with Crippen LogP contribution in [0.15, 0.2) is 35.2 Å². The van der Waals surface area contributed by atoms with Gasteiger partial charge in [-0.1, -0.05) is 11.6 Å². The maximum Gasteiger partial charge on any atom is 0.204 e. The smallest absolute Gasteiger partial charge is 0.204 e. The second kappa shape index (κ2) is 3.06. The summed E-state index contributed by atoms with van der Waals surface area (Å²) in [6.45, 7) is 0. The third kappa shape index (κ3) is 1.20. The molecule has 3 aromatic rings. The summed E-state index contributed by atoms with van der Waals surface area (Å²) in [5.74, 6) is 1.25. The van der Waals surface area contributed by atoms with Crippen molar-refractivity contribution in [3.05, 3.63) is 35.9 Å². The van der Waals surface area contributed by atoms with Crippen molar-refractivity contribution in [1.29, 1.82) is 0 Å². The Kier molecular flexibility index (Phi) is 1.72. The Bertz CT molecular complexity index is 602. The molecule has 0 aliphatic carbocycles. The van der Waals surface area contributed by atoms with Crippen molar-refractivity contribution in [1.82, 2.24) is 19.6 Å². The van der Waals surface area contributed by atoms with Crippen LogP contribution in [0.2, 0.25) is 5.15 Å². The Morgan fingerprint density at radius 1 is 1.33 bits per heavy atom. The van der Waals surface area contributed by atoms with Gasteiger partial charge >= 0.3 is 0 Å². The minimum absolute atomic E-state index is 0.322. The highest BCUT2D eigenvalue weighted by Gasteiger charge is 2.12. The van der Waals surface area contributed by atoms with Gasteiger partial charge in [-0.15, -0.1) is 10.2 Å². The van der Waals surface area contributed by atoms with Crippen LogP contribution in [0.25, 0.3) is 17.2 Å². The van der Waals surface area contributed by atoms with Crippen molar-refractivity contribution in [2.45, 2.75) is 0 Å². The number of rotatable bonds is 1. The minimum Gasteiger partial charge on any atom is -0.461 e. The van der Waals surface area contributed by atoms with Gasteiger partial charge < -0.3 is 4.42 Å². The third-order valence-electron chi connectivity index (χ3n) is 2.03. The SMILES string of the molecule is Clc1nccn2c(-c3ccco3)nnc12. The molecule has 0 aliphatic heterocycles. The van der Waals surface area contributed by atoms with Crippen molar-refractivity contribution in [2.75, 3.05) is 0 Å². The van der Waals surface area contributed by atoms with Crippen LogP contribution in [0.4, 0.5) is 0 Å². The van der Waals surface area contributed by atoms with Crippen molar-refractivity contribution >= 4 is 17.2 Å². The fourth-order valence-electron chi connectivity index (χ4n) is 1.37. The van der Waals surface area contributed by atoms with Gasteiger partial charge in [0.25, 0.3) is 0 Å². The first kappa shape index (κ1) is 8.43. The summed E-state index contributed by atoms with van der Waals surface area (Å²) in [4.78, 5) is 3.91. The lowest BCUT2D eigenvalue weighted by molar-refractivity contribution is 0.576. The van der Waals surface area contributed by atoms with Crippen molar-refractivity contribution < 1.29 is 4.42 Å². The van der Waals surface area contributed by atoms with Crippen LogP contribution in [0.5, 0.6) is 0 Å². The van der Waals surface area contributed by atoms with E-state index in [9.17, 15) is 0 Å². The van der Waals surface area contributed by atoms with E-state index in [1.165, 1.54) is 0 Å². The van der Waals surface area contributed by atoms with Crippen LogP contribution >= 0.6 is 11.6 Å². The average molecular weight is 221 g/mol. The maximum absolute atomic E-state index is 5.87. The molecule has 0 fully saturated rings. The molecule has 0 N–H and O–H groups in total.